The number of hydrogen-bond acceptors (Lipinski definition) is 3. The molecule has 2 rings (SSSR count). The molecule has 1 atom stereocenters. The number of nitrogens with zero attached hydrogens (tertiary/aromatic N) is 2. The van der Waals surface area contributed by atoms with Gasteiger partial charge in [-0.25, -0.2) is 4.98 Å². The van der Waals surface area contributed by atoms with E-state index in [1.165, 1.54) is 17.9 Å². The summed E-state index contributed by atoms with van der Waals surface area (Å²) in [6.45, 7) is 5.23. The third-order valence-corrected chi connectivity index (χ3v) is 4.15. The second-order valence-corrected chi connectivity index (χ2v) is 6.44. The monoisotopic (exact) mass is 297 g/mol. The molecule has 0 saturated carbocycles. The minimum atomic E-state index is 0.521. The summed E-state index contributed by atoms with van der Waals surface area (Å²) in [6.07, 6.45) is 5.11. The van der Waals surface area contributed by atoms with Crippen LogP contribution in [0.25, 0.3) is 5.65 Å². The lowest BCUT2D eigenvalue weighted by Crippen LogP contribution is -2.26. The average Bonchev–Trinajstić information content (AvgIpc) is 2.78. The van der Waals surface area contributed by atoms with Gasteiger partial charge >= 0.3 is 0 Å². The van der Waals surface area contributed by atoms with Gasteiger partial charge in [-0.1, -0.05) is 18.5 Å². The van der Waals surface area contributed by atoms with E-state index in [1.807, 2.05) is 40.7 Å². The molecule has 1 N–H and O–H groups in total. The van der Waals surface area contributed by atoms with Gasteiger partial charge in [-0.05, 0) is 37.0 Å². The summed E-state index contributed by atoms with van der Waals surface area (Å²) in [5.74, 6) is 2.41. The van der Waals surface area contributed by atoms with Gasteiger partial charge in [-0.2, -0.15) is 11.8 Å². The zero-order valence-electron chi connectivity index (χ0n) is 11.4. The first kappa shape index (κ1) is 14.7. The topological polar surface area (TPSA) is 29.3 Å². The number of nitrogens with one attached hydrogen (secondary N) is 1. The van der Waals surface area contributed by atoms with Crippen LogP contribution in [0.5, 0.6) is 0 Å². The summed E-state index contributed by atoms with van der Waals surface area (Å²) in [6, 6.07) is 4.33. The highest BCUT2D eigenvalue weighted by molar-refractivity contribution is 7.99. The van der Waals surface area contributed by atoms with Crippen LogP contribution < -0.4 is 5.32 Å². The lowest BCUT2D eigenvalue weighted by molar-refractivity contribution is 0.533. The lowest BCUT2D eigenvalue weighted by atomic mass is 10.2. The van der Waals surface area contributed by atoms with E-state index in [4.69, 9.17) is 11.6 Å². The second kappa shape index (κ2) is 7.17. The fourth-order valence-corrected chi connectivity index (χ4v) is 2.86. The summed E-state index contributed by atoms with van der Waals surface area (Å²) >= 11 is 7.95. The number of rotatable bonds is 7. The van der Waals surface area contributed by atoms with E-state index in [-0.39, 0.29) is 0 Å². The first-order chi connectivity index (χ1) is 9.19. The Balaban J connectivity index is 1.87. The Labute approximate surface area is 123 Å². The van der Waals surface area contributed by atoms with Crippen LogP contribution in [0.15, 0.2) is 24.5 Å². The molecule has 2 aromatic rings. The molecule has 0 aliphatic heterocycles. The first-order valence-electron chi connectivity index (χ1n) is 6.63. The molecule has 0 aliphatic rings. The lowest BCUT2D eigenvalue weighted by Gasteiger charge is -2.11. The highest BCUT2D eigenvalue weighted by atomic mass is 35.5. The molecule has 19 heavy (non-hydrogen) atoms. The second-order valence-electron chi connectivity index (χ2n) is 4.61. The van der Waals surface area contributed by atoms with Crippen LogP contribution in [0.3, 0.4) is 0 Å². The number of halogens is 1. The van der Waals surface area contributed by atoms with Gasteiger partial charge < -0.3 is 9.72 Å². The van der Waals surface area contributed by atoms with E-state index in [0.717, 1.165) is 22.9 Å². The normalized spacial score (nSPS) is 13.0. The zero-order valence-corrected chi connectivity index (χ0v) is 13.0. The number of fused-ring (bicyclic) bond motifs is 1. The molecule has 0 spiro atoms. The molecular formula is C14H20ClN3S. The minimum Gasteiger partial charge on any atom is -0.309 e. The Hall–Kier alpha value is -0.710. The van der Waals surface area contributed by atoms with Gasteiger partial charge in [-0.3, -0.25) is 0 Å². The Morgan fingerprint density at radius 2 is 2.26 bits per heavy atom. The number of pyridine rings is 1. The fraction of sp³-hybridized carbons (Fsp3) is 0.500. The maximum atomic E-state index is 5.96. The molecule has 0 aromatic carbocycles. The van der Waals surface area contributed by atoms with Crippen LogP contribution in [0.2, 0.25) is 5.02 Å². The van der Waals surface area contributed by atoms with Crippen LogP contribution in [-0.2, 0) is 6.54 Å². The van der Waals surface area contributed by atoms with E-state index < -0.39 is 0 Å². The maximum absolute atomic E-state index is 5.96. The van der Waals surface area contributed by atoms with Crippen LogP contribution in [0.4, 0.5) is 0 Å². The molecule has 0 radical (unpaired) electrons. The molecule has 5 heteroatoms. The largest absolute Gasteiger partial charge is 0.309 e. The smallest absolute Gasteiger partial charge is 0.137 e. The SMILES string of the molecule is CCSCCC(C)NCc1cn2cc(Cl)ccc2n1. The fourth-order valence-electron chi connectivity index (χ4n) is 1.89. The summed E-state index contributed by atoms with van der Waals surface area (Å²) in [4.78, 5) is 4.56. The van der Waals surface area contributed by atoms with Gasteiger partial charge in [0.25, 0.3) is 0 Å². The van der Waals surface area contributed by atoms with Crippen molar-refractivity contribution in [1.82, 2.24) is 14.7 Å². The molecule has 0 bridgehead atoms. The third-order valence-electron chi connectivity index (χ3n) is 3.00. The first-order valence-corrected chi connectivity index (χ1v) is 8.16. The summed E-state index contributed by atoms with van der Waals surface area (Å²) in [5, 5.41) is 4.24. The Morgan fingerprint density at radius 1 is 1.42 bits per heavy atom. The number of hydrogen-bond donors (Lipinski definition) is 1. The maximum Gasteiger partial charge on any atom is 0.137 e. The summed E-state index contributed by atoms with van der Waals surface area (Å²) < 4.78 is 1.97. The van der Waals surface area contributed by atoms with Crippen molar-refractivity contribution in [2.75, 3.05) is 11.5 Å². The Bertz CT molecular complexity index is 526. The van der Waals surface area contributed by atoms with Crippen molar-refractivity contribution in [3.8, 4) is 0 Å². The predicted octanol–water partition coefficient (Wildman–Crippen LogP) is 3.61. The molecular weight excluding hydrogens is 278 g/mol. The van der Waals surface area contributed by atoms with Crippen molar-refractivity contribution in [2.45, 2.75) is 32.9 Å². The molecule has 1 unspecified atom stereocenters. The van der Waals surface area contributed by atoms with E-state index in [2.05, 4.69) is 24.1 Å². The van der Waals surface area contributed by atoms with Gasteiger partial charge in [0.05, 0.1) is 10.7 Å². The van der Waals surface area contributed by atoms with E-state index in [0.29, 0.717) is 6.04 Å². The molecule has 2 heterocycles. The van der Waals surface area contributed by atoms with Crippen molar-refractivity contribution in [1.29, 1.82) is 0 Å². The third kappa shape index (κ3) is 4.41. The molecule has 0 fully saturated rings. The molecule has 0 aliphatic carbocycles. The van der Waals surface area contributed by atoms with E-state index in [1.54, 1.807) is 0 Å². The van der Waals surface area contributed by atoms with Crippen molar-refractivity contribution >= 4 is 29.0 Å². The molecule has 2 aromatic heterocycles. The zero-order chi connectivity index (χ0) is 13.7. The average molecular weight is 298 g/mol. The van der Waals surface area contributed by atoms with Gasteiger partial charge in [0, 0.05) is 25.0 Å². The van der Waals surface area contributed by atoms with E-state index in [9.17, 15) is 0 Å². The van der Waals surface area contributed by atoms with Crippen LogP contribution in [-0.4, -0.2) is 26.9 Å². The number of thioether (sulfide) groups is 1. The van der Waals surface area contributed by atoms with Crippen LogP contribution in [0.1, 0.15) is 26.0 Å². The van der Waals surface area contributed by atoms with Gasteiger partial charge in [-0.15, -0.1) is 0 Å². The van der Waals surface area contributed by atoms with Crippen LogP contribution >= 0.6 is 23.4 Å². The molecule has 0 saturated heterocycles. The summed E-state index contributed by atoms with van der Waals surface area (Å²) in [7, 11) is 0. The van der Waals surface area contributed by atoms with E-state index >= 15 is 0 Å². The van der Waals surface area contributed by atoms with Gasteiger partial charge in [0.15, 0.2) is 0 Å². The van der Waals surface area contributed by atoms with Crippen molar-refractivity contribution in [2.24, 2.45) is 0 Å². The standard InChI is InChI=1S/C14H20ClN3S/c1-3-19-7-6-11(2)16-8-13-10-18-9-12(15)4-5-14(18)17-13/h4-5,9-11,16H,3,6-8H2,1-2H3. The Morgan fingerprint density at radius 3 is 3.05 bits per heavy atom. The van der Waals surface area contributed by atoms with Crippen LogP contribution in [0, 0.1) is 0 Å². The van der Waals surface area contributed by atoms with Crippen molar-refractivity contribution in [3.63, 3.8) is 0 Å². The molecule has 104 valence electrons. The Kier molecular flexibility index (Phi) is 5.55. The molecule has 0 amide bonds. The quantitative estimate of drug-likeness (QED) is 0.792. The van der Waals surface area contributed by atoms with Gasteiger partial charge in [0.2, 0.25) is 0 Å². The van der Waals surface area contributed by atoms with Gasteiger partial charge in [0.1, 0.15) is 5.65 Å². The van der Waals surface area contributed by atoms with Crippen molar-refractivity contribution < 1.29 is 0 Å². The van der Waals surface area contributed by atoms with Crippen molar-refractivity contribution in [3.05, 3.63) is 35.2 Å². The highest BCUT2D eigenvalue weighted by Gasteiger charge is 2.05. The predicted molar refractivity (Wildman–Crippen MR) is 84.1 cm³/mol. The molecule has 3 nitrogen and oxygen atoms in total. The minimum absolute atomic E-state index is 0.521. The highest BCUT2D eigenvalue weighted by Crippen LogP contribution is 2.12. The summed E-state index contributed by atoms with van der Waals surface area (Å²) in [5.41, 5.74) is 1.99. The number of aromatic nitrogens is 2. The number of imidazole rings is 1.